The number of aromatic carboxylic acids is 1. The van der Waals surface area contributed by atoms with Crippen LogP contribution in [0.3, 0.4) is 0 Å². The summed E-state index contributed by atoms with van der Waals surface area (Å²) in [7, 11) is 0. The summed E-state index contributed by atoms with van der Waals surface area (Å²) in [4.78, 5) is 15.9. The first-order valence-corrected chi connectivity index (χ1v) is 5.78. The van der Waals surface area contributed by atoms with Gasteiger partial charge in [0.2, 0.25) is 5.16 Å². The van der Waals surface area contributed by atoms with E-state index in [4.69, 9.17) is 5.11 Å². The van der Waals surface area contributed by atoms with Crippen LogP contribution in [0.5, 0.6) is 0 Å². The zero-order valence-corrected chi connectivity index (χ0v) is 10.2. The Morgan fingerprint density at radius 3 is 2.71 bits per heavy atom. The minimum atomic E-state index is -0.918. The monoisotopic (exact) mass is 249 g/mol. The summed E-state index contributed by atoms with van der Waals surface area (Å²) in [5.41, 5.74) is 1.19. The molecule has 1 aromatic carbocycles. The van der Waals surface area contributed by atoms with Gasteiger partial charge >= 0.3 is 5.97 Å². The molecule has 17 heavy (non-hydrogen) atoms. The van der Waals surface area contributed by atoms with Crippen molar-refractivity contribution in [2.75, 3.05) is 0 Å². The fraction of sp³-hybridized carbons (Fsp3) is 0.182. The molecule has 2 rings (SSSR count). The van der Waals surface area contributed by atoms with Gasteiger partial charge in [-0.1, -0.05) is 0 Å². The predicted octanol–water partition coefficient (Wildman–Crippen LogP) is 2.27. The summed E-state index contributed by atoms with van der Waals surface area (Å²) in [6.07, 6.45) is 0. The van der Waals surface area contributed by atoms with Crippen molar-refractivity contribution in [2.24, 2.45) is 0 Å². The molecule has 0 saturated heterocycles. The van der Waals surface area contributed by atoms with Gasteiger partial charge in [0.25, 0.3) is 0 Å². The average molecular weight is 249 g/mol. The summed E-state index contributed by atoms with van der Waals surface area (Å²) in [6.45, 7) is 3.70. The third-order valence-electron chi connectivity index (χ3n) is 2.20. The van der Waals surface area contributed by atoms with E-state index in [2.05, 4.69) is 15.2 Å². The lowest BCUT2D eigenvalue weighted by Crippen LogP contribution is -1.96. The highest BCUT2D eigenvalue weighted by Gasteiger charge is 2.08. The van der Waals surface area contributed by atoms with Crippen LogP contribution in [0.4, 0.5) is 0 Å². The first-order valence-electron chi connectivity index (χ1n) is 4.97. The van der Waals surface area contributed by atoms with Crippen LogP contribution in [0, 0.1) is 13.8 Å². The van der Waals surface area contributed by atoms with Crippen LogP contribution in [-0.4, -0.2) is 26.3 Å². The number of rotatable bonds is 3. The van der Waals surface area contributed by atoms with Crippen LogP contribution >= 0.6 is 11.8 Å². The van der Waals surface area contributed by atoms with E-state index in [1.165, 1.54) is 11.8 Å². The highest BCUT2D eigenvalue weighted by Crippen LogP contribution is 2.28. The van der Waals surface area contributed by atoms with Crippen molar-refractivity contribution in [3.63, 3.8) is 0 Å². The summed E-state index contributed by atoms with van der Waals surface area (Å²) in [5, 5.41) is 16.3. The van der Waals surface area contributed by atoms with E-state index in [0.29, 0.717) is 5.16 Å². The van der Waals surface area contributed by atoms with Crippen LogP contribution in [0.25, 0.3) is 0 Å². The van der Waals surface area contributed by atoms with Crippen molar-refractivity contribution < 1.29 is 9.90 Å². The summed E-state index contributed by atoms with van der Waals surface area (Å²) in [6, 6.07) is 5.00. The molecule has 0 bridgehead atoms. The van der Waals surface area contributed by atoms with E-state index in [1.54, 1.807) is 18.2 Å². The number of aromatic amines is 1. The number of carboxylic acid groups (broad SMARTS) is 1. The molecular formula is C11H11N3O2S. The van der Waals surface area contributed by atoms with Crippen LogP contribution in [0.2, 0.25) is 0 Å². The maximum absolute atomic E-state index is 10.8. The zero-order chi connectivity index (χ0) is 12.4. The van der Waals surface area contributed by atoms with Crippen molar-refractivity contribution in [1.82, 2.24) is 15.2 Å². The lowest BCUT2D eigenvalue weighted by Gasteiger charge is -2.03. The van der Waals surface area contributed by atoms with Gasteiger partial charge in [0.15, 0.2) is 0 Å². The van der Waals surface area contributed by atoms with Gasteiger partial charge < -0.3 is 5.11 Å². The molecule has 2 aromatic rings. The number of aromatic nitrogens is 3. The molecule has 0 aliphatic rings. The fourth-order valence-corrected chi connectivity index (χ4v) is 2.19. The number of hydrogen-bond acceptors (Lipinski definition) is 4. The minimum absolute atomic E-state index is 0.290. The topological polar surface area (TPSA) is 78.9 Å². The predicted molar refractivity (Wildman–Crippen MR) is 63.4 cm³/mol. The van der Waals surface area contributed by atoms with E-state index < -0.39 is 5.97 Å². The smallest absolute Gasteiger partial charge is 0.335 e. The van der Waals surface area contributed by atoms with Gasteiger partial charge in [-0.05, 0) is 49.4 Å². The molecule has 0 atom stereocenters. The number of nitrogens with one attached hydrogen (secondary N) is 1. The Morgan fingerprint density at radius 1 is 1.41 bits per heavy atom. The van der Waals surface area contributed by atoms with Crippen molar-refractivity contribution in [1.29, 1.82) is 0 Å². The molecule has 2 N–H and O–H groups in total. The first-order chi connectivity index (χ1) is 8.06. The Morgan fingerprint density at radius 2 is 2.18 bits per heavy atom. The van der Waals surface area contributed by atoms with Crippen LogP contribution in [0.15, 0.2) is 28.3 Å². The van der Waals surface area contributed by atoms with Gasteiger partial charge in [-0.25, -0.2) is 9.78 Å². The number of hydrogen-bond donors (Lipinski definition) is 2. The van der Waals surface area contributed by atoms with Gasteiger partial charge in [-0.15, -0.1) is 5.10 Å². The Balaban J connectivity index is 2.25. The van der Waals surface area contributed by atoms with E-state index in [-0.39, 0.29) is 5.56 Å². The van der Waals surface area contributed by atoms with Crippen molar-refractivity contribution in [3.8, 4) is 0 Å². The van der Waals surface area contributed by atoms with E-state index in [9.17, 15) is 4.79 Å². The number of nitrogens with zero attached hydrogens (tertiary/aromatic N) is 2. The highest BCUT2D eigenvalue weighted by molar-refractivity contribution is 7.99. The Bertz CT molecular complexity index is 566. The molecule has 1 heterocycles. The highest BCUT2D eigenvalue weighted by atomic mass is 32.2. The molecule has 0 unspecified atom stereocenters. The van der Waals surface area contributed by atoms with Gasteiger partial charge in [0.1, 0.15) is 5.82 Å². The number of aryl methyl sites for hydroxylation is 2. The molecule has 5 nitrogen and oxygen atoms in total. The van der Waals surface area contributed by atoms with Gasteiger partial charge in [0.05, 0.1) is 5.56 Å². The van der Waals surface area contributed by atoms with E-state index >= 15 is 0 Å². The summed E-state index contributed by atoms with van der Waals surface area (Å²) in [5.74, 6) is -0.161. The lowest BCUT2D eigenvalue weighted by atomic mass is 10.1. The van der Waals surface area contributed by atoms with Crippen LogP contribution in [-0.2, 0) is 0 Å². The second-order valence-electron chi connectivity index (χ2n) is 3.59. The fourth-order valence-electron chi connectivity index (χ4n) is 1.36. The van der Waals surface area contributed by atoms with Gasteiger partial charge in [0, 0.05) is 4.90 Å². The third kappa shape index (κ3) is 2.65. The zero-order valence-electron chi connectivity index (χ0n) is 9.39. The normalized spacial score (nSPS) is 10.5. The summed E-state index contributed by atoms with van der Waals surface area (Å²) >= 11 is 1.41. The molecule has 0 radical (unpaired) electrons. The largest absolute Gasteiger partial charge is 0.478 e. The quantitative estimate of drug-likeness (QED) is 0.872. The number of benzene rings is 1. The maximum atomic E-state index is 10.8. The van der Waals surface area contributed by atoms with E-state index in [0.717, 1.165) is 16.3 Å². The van der Waals surface area contributed by atoms with Gasteiger partial charge in [-0.2, -0.15) is 0 Å². The second-order valence-corrected chi connectivity index (χ2v) is 4.60. The SMILES string of the molecule is Cc1nc(Sc2ccc(C(=O)O)cc2C)n[nH]1. The average Bonchev–Trinajstić information content (AvgIpc) is 2.67. The Kier molecular flexibility index (Phi) is 3.14. The molecule has 6 heteroatoms. The minimum Gasteiger partial charge on any atom is -0.478 e. The van der Waals surface area contributed by atoms with Gasteiger partial charge in [-0.3, -0.25) is 5.10 Å². The molecule has 0 amide bonds. The summed E-state index contributed by atoms with van der Waals surface area (Å²) < 4.78 is 0. The number of carboxylic acids is 1. The molecule has 0 saturated carbocycles. The number of carbonyl (C=O) groups is 1. The third-order valence-corrected chi connectivity index (χ3v) is 3.24. The molecular weight excluding hydrogens is 238 g/mol. The maximum Gasteiger partial charge on any atom is 0.335 e. The van der Waals surface area contributed by atoms with E-state index in [1.807, 2.05) is 13.8 Å². The molecule has 0 aliphatic carbocycles. The van der Waals surface area contributed by atoms with Crippen molar-refractivity contribution in [2.45, 2.75) is 23.9 Å². The molecule has 1 aromatic heterocycles. The molecule has 0 aliphatic heterocycles. The second kappa shape index (κ2) is 4.58. The van der Waals surface area contributed by atoms with Crippen LogP contribution in [0.1, 0.15) is 21.7 Å². The lowest BCUT2D eigenvalue weighted by molar-refractivity contribution is 0.0696. The Hall–Kier alpha value is -1.82. The standard InChI is InChI=1S/C11H11N3O2S/c1-6-5-8(10(15)16)3-4-9(6)17-11-12-7(2)13-14-11/h3-5H,1-2H3,(H,15,16)(H,12,13,14). The molecule has 0 spiro atoms. The number of H-pyrrole nitrogens is 1. The van der Waals surface area contributed by atoms with Crippen molar-refractivity contribution in [3.05, 3.63) is 35.2 Å². The molecule has 0 fully saturated rings. The first kappa shape index (κ1) is 11.7. The van der Waals surface area contributed by atoms with Crippen molar-refractivity contribution >= 4 is 17.7 Å². The van der Waals surface area contributed by atoms with Crippen LogP contribution < -0.4 is 0 Å². The Labute approximate surface area is 102 Å². The molecule has 88 valence electrons.